The molecule has 0 heterocycles. The van der Waals surface area contributed by atoms with Gasteiger partial charge in [-0.2, -0.15) is 11.8 Å². The summed E-state index contributed by atoms with van der Waals surface area (Å²) in [5.74, 6) is 1.53. The minimum absolute atomic E-state index is 0.448. The molecule has 0 bridgehead atoms. The van der Waals surface area contributed by atoms with Crippen LogP contribution >= 0.6 is 11.8 Å². The van der Waals surface area contributed by atoms with E-state index in [-0.39, 0.29) is 0 Å². The Balaban J connectivity index is 2.30. The summed E-state index contributed by atoms with van der Waals surface area (Å²) in [5.41, 5.74) is 9.74. The zero-order valence-electron chi connectivity index (χ0n) is 10.7. The van der Waals surface area contributed by atoms with Gasteiger partial charge in [-0.3, -0.25) is 0 Å². The lowest BCUT2D eigenvalue weighted by atomic mass is 9.96. The maximum atomic E-state index is 5.87. The predicted octanol–water partition coefficient (Wildman–Crippen LogP) is 3.76. The Morgan fingerprint density at radius 3 is 2.39 bits per heavy atom. The zero-order valence-corrected chi connectivity index (χ0v) is 11.5. The minimum atomic E-state index is 0.448. The van der Waals surface area contributed by atoms with Gasteiger partial charge < -0.3 is 5.73 Å². The molecule has 2 N–H and O–H groups in total. The Morgan fingerprint density at radius 2 is 1.72 bits per heavy atom. The summed E-state index contributed by atoms with van der Waals surface area (Å²) >= 11 is 1.85. The van der Waals surface area contributed by atoms with Crippen LogP contribution in [0.3, 0.4) is 0 Å². The highest BCUT2D eigenvalue weighted by Gasteiger charge is 2.09. The topological polar surface area (TPSA) is 26.0 Å². The van der Waals surface area contributed by atoms with Crippen LogP contribution in [-0.4, -0.2) is 18.6 Å². The molecule has 2 heteroatoms. The van der Waals surface area contributed by atoms with Crippen molar-refractivity contribution >= 4 is 11.8 Å². The number of hydrogen-bond donors (Lipinski definition) is 1. The molecule has 1 atom stereocenters. The van der Waals surface area contributed by atoms with Gasteiger partial charge in [0.2, 0.25) is 0 Å². The summed E-state index contributed by atoms with van der Waals surface area (Å²) in [6.45, 7) is 0.707. The first-order valence-corrected chi connectivity index (χ1v) is 7.59. The maximum Gasteiger partial charge on any atom is 0.00520 e. The van der Waals surface area contributed by atoms with Crippen LogP contribution in [0, 0.1) is 0 Å². The number of thioether (sulfide) groups is 1. The monoisotopic (exact) mass is 257 g/mol. The Hall–Kier alpha value is -1.25. The fourth-order valence-electron chi connectivity index (χ4n) is 2.10. The van der Waals surface area contributed by atoms with E-state index in [0.717, 1.165) is 5.75 Å². The van der Waals surface area contributed by atoms with Gasteiger partial charge in [-0.1, -0.05) is 54.6 Å². The molecule has 1 nitrogen and oxygen atoms in total. The summed E-state index contributed by atoms with van der Waals surface area (Å²) in [4.78, 5) is 0. The second-order valence-corrected chi connectivity index (χ2v) is 5.29. The van der Waals surface area contributed by atoms with E-state index in [2.05, 4.69) is 54.8 Å². The summed E-state index contributed by atoms with van der Waals surface area (Å²) in [7, 11) is 0. The summed E-state index contributed by atoms with van der Waals surface area (Å²) < 4.78 is 0. The van der Waals surface area contributed by atoms with Crippen LogP contribution in [0.1, 0.15) is 11.5 Å². The molecular formula is C16H19NS. The van der Waals surface area contributed by atoms with Crippen molar-refractivity contribution in [1.82, 2.24) is 0 Å². The van der Waals surface area contributed by atoms with Gasteiger partial charge in [-0.25, -0.2) is 0 Å². The van der Waals surface area contributed by atoms with Gasteiger partial charge in [0, 0.05) is 11.7 Å². The Kier molecular flexibility index (Phi) is 4.85. The third-order valence-electron chi connectivity index (χ3n) is 3.12. The van der Waals surface area contributed by atoms with Crippen molar-refractivity contribution < 1.29 is 0 Å². The van der Waals surface area contributed by atoms with E-state index in [4.69, 9.17) is 5.73 Å². The largest absolute Gasteiger partial charge is 0.330 e. The maximum absolute atomic E-state index is 5.87. The average molecular weight is 257 g/mol. The number of nitrogens with two attached hydrogens (primary N) is 1. The van der Waals surface area contributed by atoms with Gasteiger partial charge in [0.1, 0.15) is 0 Å². The molecule has 0 radical (unpaired) electrons. The van der Waals surface area contributed by atoms with E-state index in [1.165, 1.54) is 16.7 Å². The molecule has 2 rings (SSSR count). The Bertz CT molecular complexity index is 481. The predicted molar refractivity (Wildman–Crippen MR) is 82.1 cm³/mol. The first-order chi connectivity index (χ1) is 8.85. The first kappa shape index (κ1) is 13.2. The van der Waals surface area contributed by atoms with Crippen molar-refractivity contribution in [1.29, 1.82) is 0 Å². The third kappa shape index (κ3) is 3.15. The normalized spacial score (nSPS) is 12.3. The van der Waals surface area contributed by atoms with Gasteiger partial charge in [0.25, 0.3) is 0 Å². The van der Waals surface area contributed by atoms with E-state index in [0.29, 0.717) is 12.5 Å². The molecular weight excluding hydrogens is 238 g/mol. The second kappa shape index (κ2) is 6.62. The van der Waals surface area contributed by atoms with Crippen molar-refractivity contribution in [2.24, 2.45) is 5.73 Å². The summed E-state index contributed by atoms with van der Waals surface area (Å²) in [5, 5.41) is 0. The minimum Gasteiger partial charge on any atom is -0.330 e. The van der Waals surface area contributed by atoms with E-state index < -0.39 is 0 Å². The lowest BCUT2D eigenvalue weighted by molar-refractivity contribution is 0.786. The number of rotatable bonds is 5. The van der Waals surface area contributed by atoms with Crippen molar-refractivity contribution in [3.05, 3.63) is 60.2 Å². The van der Waals surface area contributed by atoms with Gasteiger partial charge >= 0.3 is 0 Å². The molecule has 0 aromatic heterocycles. The van der Waals surface area contributed by atoms with E-state index in [1.54, 1.807) is 0 Å². The van der Waals surface area contributed by atoms with Gasteiger partial charge in [0.15, 0.2) is 0 Å². The van der Waals surface area contributed by atoms with E-state index in [1.807, 2.05) is 17.8 Å². The highest BCUT2D eigenvalue weighted by Crippen LogP contribution is 2.25. The molecule has 2 aromatic rings. The van der Waals surface area contributed by atoms with Crippen molar-refractivity contribution in [2.75, 3.05) is 18.6 Å². The number of benzene rings is 2. The van der Waals surface area contributed by atoms with Crippen LogP contribution in [0.15, 0.2) is 54.6 Å². The molecule has 18 heavy (non-hydrogen) atoms. The molecule has 0 aliphatic rings. The lowest BCUT2D eigenvalue weighted by Crippen LogP contribution is -2.14. The highest BCUT2D eigenvalue weighted by molar-refractivity contribution is 7.98. The smallest absolute Gasteiger partial charge is 0.00520 e. The molecule has 94 valence electrons. The molecule has 0 amide bonds. The third-order valence-corrected chi connectivity index (χ3v) is 3.85. The van der Waals surface area contributed by atoms with E-state index in [9.17, 15) is 0 Å². The fourth-order valence-corrected chi connectivity index (χ4v) is 2.84. The van der Waals surface area contributed by atoms with Crippen molar-refractivity contribution in [2.45, 2.75) is 5.92 Å². The lowest BCUT2D eigenvalue weighted by Gasteiger charge is -2.15. The van der Waals surface area contributed by atoms with Crippen molar-refractivity contribution in [3.63, 3.8) is 0 Å². The molecule has 0 spiro atoms. The van der Waals surface area contributed by atoms with Crippen LogP contribution in [0.2, 0.25) is 0 Å². The van der Waals surface area contributed by atoms with Crippen molar-refractivity contribution in [3.8, 4) is 11.1 Å². The molecule has 0 saturated heterocycles. The highest BCUT2D eigenvalue weighted by atomic mass is 32.2. The first-order valence-electron chi connectivity index (χ1n) is 6.19. The Morgan fingerprint density at radius 1 is 1.00 bits per heavy atom. The van der Waals surface area contributed by atoms with Crippen LogP contribution in [0.5, 0.6) is 0 Å². The van der Waals surface area contributed by atoms with Gasteiger partial charge in [-0.15, -0.1) is 0 Å². The molecule has 2 aromatic carbocycles. The summed E-state index contributed by atoms with van der Waals surface area (Å²) in [6, 6.07) is 19.2. The van der Waals surface area contributed by atoms with E-state index >= 15 is 0 Å². The molecule has 0 aliphatic heterocycles. The quantitative estimate of drug-likeness (QED) is 0.882. The summed E-state index contributed by atoms with van der Waals surface area (Å²) in [6.07, 6.45) is 2.13. The molecule has 0 fully saturated rings. The van der Waals surface area contributed by atoms with Gasteiger partial charge in [0.05, 0.1) is 0 Å². The standard InChI is InChI=1S/C16H19NS/c1-18-12-16(11-17)15-9-5-8-14(10-15)13-6-3-2-4-7-13/h2-10,16H,11-12,17H2,1H3/t16-/m0/s1. The van der Waals surface area contributed by atoms with Crippen LogP contribution < -0.4 is 5.73 Å². The second-order valence-electron chi connectivity index (χ2n) is 4.38. The fraction of sp³-hybridized carbons (Fsp3) is 0.250. The van der Waals surface area contributed by atoms with Gasteiger partial charge in [-0.05, 0) is 29.5 Å². The number of hydrogen-bond acceptors (Lipinski definition) is 2. The molecule has 0 unspecified atom stereocenters. The average Bonchev–Trinajstić information content (AvgIpc) is 2.46. The Labute approximate surface area is 113 Å². The van der Waals surface area contributed by atoms with Crippen LogP contribution in [0.25, 0.3) is 11.1 Å². The van der Waals surface area contributed by atoms with Crippen LogP contribution in [-0.2, 0) is 0 Å². The molecule has 0 saturated carbocycles. The SMILES string of the molecule is CSC[C@H](CN)c1cccc(-c2ccccc2)c1. The van der Waals surface area contributed by atoms with Crippen LogP contribution in [0.4, 0.5) is 0 Å². The zero-order chi connectivity index (χ0) is 12.8. The molecule has 0 aliphatic carbocycles.